The molecule has 0 aliphatic carbocycles. The molecule has 0 bridgehead atoms. The van der Waals surface area contributed by atoms with E-state index in [1.807, 2.05) is 24.3 Å². The van der Waals surface area contributed by atoms with Gasteiger partial charge in [-0.3, -0.25) is 4.79 Å². The second-order valence-electron chi connectivity index (χ2n) is 5.87. The maximum absolute atomic E-state index is 12.7. The zero-order valence-corrected chi connectivity index (χ0v) is 13.7. The summed E-state index contributed by atoms with van der Waals surface area (Å²) in [6.45, 7) is 2.35. The van der Waals surface area contributed by atoms with E-state index in [1.54, 1.807) is 11.8 Å². The molecule has 1 amide bonds. The van der Waals surface area contributed by atoms with Crippen molar-refractivity contribution in [1.82, 2.24) is 9.88 Å². The number of hydrogen-bond acceptors (Lipinski definition) is 4. The molecule has 0 saturated carbocycles. The molecule has 1 fully saturated rings. The second kappa shape index (κ2) is 6.72. The van der Waals surface area contributed by atoms with Crippen molar-refractivity contribution in [2.75, 3.05) is 6.54 Å². The molecule has 1 N–H and O–H groups in total. The van der Waals surface area contributed by atoms with E-state index in [1.165, 1.54) is 6.39 Å². The number of likely N-dealkylation sites (tertiary alicyclic amines) is 1. The Morgan fingerprint density at radius 1 is 1.43 bits per heavy atom. The number of aryl methyl sites for hydroxylation is 1. The van der Waals surface area contributed by atoms with Crippen LogP contribution in [0, 0.1) is 6.92 Å². The summed E-state index contributed by atoms with van der Waals surface area (Å²) in [4.78, 5) is 18.4. The Balaban J connectivity index is 1.83. The number of amides is 1. The highest BCUT2D eigenvalue weighted by molar-refractivity contribution is 6.30. The topological polar surface area (TPSA) is 66.6 Å². The summed E-state index contributed by atoms with van der Waals surface area (Å²) in [6.07, 6.45) is 2.77. The van der Waals surface area contributed by atoms with Crippen LogP contribution in [0.25, 0.3) is 0 Å². The molecule has 23 heavy (non-hydrogen) atoms. The lowest BCUT2D eigenvalue weighted by Crippen LogP contribution is -2.52. The molecule has 3 rings (SSSR count). The van der Waals surface area contributed by atoms with Crippen LogP contribution < -0.4 is 0 Å². The molecule has 0 spiro atoms. The number of hydrogen-bond donors (Lipinski definition) is 1. The van der Waals surface area contributed by atoms with Gasteiger partial charge in [0, 0.05) is 11.6 Å². The van der Waals surface area contributed by atoms with Crippen molar-refractivity contribution in [1.29, 1.82) is 0 Å². The molecule has 1 aromatic carbocycles. The zero-order valence-electron chi connectivity index (χ0n) is 12.9. The summed E-state index contributed by atoms with van der Waals surface area (Å²) < 4.78 is 5.23. The standard InChI is InChI=1S/C17H19ClN2O3/c1-11-16(23-10-19-11)17(22)20-8-2-3-15(21)14(20)9-12-4-6-13(18)7-5-12/h4-7,10,14-15,21H,2-3,8-9H2,1H3/t14-,15-/m0/s1. The molecular formula is C17H19ClN2O3. The number of rotatable bonds is 3. The Hall–Kier alpha value is -1.85. The lowest BCUT2D eigenvalue weighted by atomic mass is 9.92. The quantitative estimate of drug-likeness (QED) is 0.937. The summed E-state index contributed by atoms with van der Waals surface area (Å²) in [7, 11) is 0. The van der Waals surface area contributed by atoms with Crippen LogP contribution in [0.15, 0.2) is 35.1 Å². The maximum atomic E-state index is 12.7. The molecule has 0 unspecified atom stereocenters. The minimum atomic E-state index is -0.549. The third-order valence-corrected chi connectivity index (χ3v) is 4.55. The van der Waals surface area contributed by atoms with Crippen LogP contribution in [-0.2, 0) is 6.42 Å². The lowest BCUT2D eigenvalue weighted by Gasteiger charge is -2.38. The maximum Gasteiger partial charge on any atom is 0.291 e. The van der Waals surface area contributed by atoms with E-state index in [4.69, 9.17) is 16.0 Å². The minimum absolute atomic E-state index is 0.210. The number of halogens is 1. The third-order valence-electron chi connectivity index (χ3n) is 4.30. The van der Waals surface area contributed by atoms with Gasteiger partial charge in [0.1, 0.15) is 0 Å². The Morgan fingerprint density at radius 2 is 2.17 bits per heavy atom. The molecule has 1 aliphatic rings. The number of oxazole rings is 1. The first-order valence-electron chi connectivity index (χ1n) is 7.70. The van der Waals surface area contributed by atoms with E-state index >= 15 is 0 Å². The van der Waals surface area contributed by atoms with Gasteiger partial charge in [-0.1, -0.05) is 23.7 Å². The van der Waals surface area contributed by atoms with Crippen LogP contribution in [-0.4, -0.2) is 39.6 Å². The zero-order chi connectivity index (χ0) is 16.4. The Kier molecular flexibility index (Phi) is 4.68. The van der Waals surface area contributed by atoms with Crippen LogP contribution in [0.2, 0.25) is 5.02 Å². The van der Waals surface area contributed by atoms with E-state index in [0.29, 0.717) is 30.1 Å². The van der Waals surface area contributed by atoms with Crippen LogP contribution >= 0.6 is 11.6 Å². The average molecular weight is 335 g/mol. The SMILES string of the molecule is Cc1ncoc1C(=O)N1CCC[C@H](O)[C@@H]1Cc1ccc(Cl)cc1. The van der Waals surface area contributed by atoms with Gasteiger partial charge in [-0.25, -0.2) is 4.98 Å². The number of piperidine rings is 1. The highest BCUT2D eigenvalue weighted by atomic mass is 35.5. The summed E-state index contributed by atoms with van der Waals surface area (Å²) in [5.41, 5.74) is 1.60. The van der Waals surface area contributed by atoms with Crippen molar-refractivity contribution < 1.29 is 14.3 Å². The van der Waals surface area contributed by atoms with Crippen molar-refractivity contribution in [2.24, 2.45) is 0 Å². The smallest absolute Gasteiger partial charge is 0.291 e. The molecule has 1 saturated heterocycles. The number of aliphatic hydroxyl groups excluding tert-OH is 1. The van der Waals surface area contributed by atoms with Gasteiger partial charge in [-0.05, 0) is 43.9 Å². The molecule has 1 aliphatic heterocycles. The molecule has 1 aromatic heterocycles. The molecular weight excluding hydrogens is 316 g/mol. The monoisotopic (exact) mass is 334 g/mol. The number of aliphatic hydroxyl groups is 1. The van der Waals surface area contributed by atoms with Crippen molar-refractivity contribution in [3.8, 4) is 0 Å². The molecule has 6 heteroatoms. The number of benzene rings is 1. The fraction of sp³-hybridized carbons (Fsp3) is 0.412. The summed E-state index contributed by atoms with van der Waals surface area (Å²) in [5, 5.41) is 11.1. The van der Waals surface area contributed by atoms with Crippen LogP contribution in [0.3, 0.4) is 0 Å². The first kappa shape index (κ1) is 16.0. The fourth-order valence-electron chi connectivity index (χ4n) is 3.03. The summed E-state index contributed by atoms with van der Waals surface area (Å²) >= 11 is 5.91. The van der Waals surface area contributed by atoms with Crippen molar-refractivity contribution in [2.45, 2.75) is 38.3 Å². The molecule has 2 atom stereocenters. The largest absolute Gasteiger partial charge is 0.438 e. The predicted molar refractivity (Wildman–Crippen MR) is 86.5 cm³/mol. The van der Waals surface area contributed by atoms with Crippen LogP contribution in [0.1, 0.15) is 34.7 Å². The van der Waals surface area contributed by atoms with E-state index in [-0.39, 0.29) is 17.7 Å². The van der Waals surface area contributed by atoms with Gasteiger partial charge >= 0.3 is 0 Å². The minimum Gasteiger partial charge on any atom is -0.438 e. The van der Waals surface area contributed by atoms with Gasteiger partial charge in [0.25, 0.3) is 5.91 Å². The highest BCUT2D eigenvalue weighted by Crippen LogP contribution is 2.24. The van der Waals surface area contributed by atoms with Crippen molar-refractivity contribution >= 4 is 17.5 Å². The number of aromatic nitrogens is 1. The van der Waals surface area contributed by atoms with Gasteiger partial charge in [-0.15, -0.1) is 0 Å². The van der Waals surface area contributed by atoms with Gasteiger partial charge < -0.3 is 14.4 Å². The van der Waals surface area contributed by atoms with Gasteiger partial charge in [-0.2, -0.15) is 0 Å². The summed E-state index contributed by atoms with van der Waals surface area (Å²) in [5.74, 6) is 0.0397. The Bertz CT molecular complexity index is 683. The molecule has 122 valence electrons. The first-order valence-corrected chi connectivity index (χ1v) is 8.07. The fourth-order valence-corrected chi connectivity index (χ4v) is 3.16. The number of carbonyl (C=O) groups excluding carboxylic acids is 1. The van der Waals surface area contributed by atoms with E-state index in [2.05, 4.69) is 4.98 Å². The number of carbonyl (C=O) groups is 1. The van der Waals surface area contributed by atoms with Crippen molar-refractivity contribution in [3.05, 3.63) is 52.7 Å². The van der Waals surface area contributed by atoms with Gasteiger partial charge in [0.2, 0.25) is 5.76 Å². The van der Waals surface area contributed by atoms with Crippen molar-refractivity contribution in [3.63, 3.8) is 0 Å². The lowest BCUT2D eigenvalue weighted by molar-refractivity contribution is 0.00995. The van der Waals surface area contributed by atoms with Gasteiger partial charge in [0.05, 0.1) is 17.8 Å². The van der Waals surface area contributed by atoms with Crippen LogP contribution in [0.4, 0.5) is 0 Å². The first-order chi connectivity index (χ1) is 11.1. The van der Waals surface area contributed by atoms with Gasteiger partial charge in [0.15, 0.2) is 6.39 Å². The Morgan fingerprint density at radius 3 is 2.83 bits per heavy atom. The Labute approximate surface area is 139 Å². The predicted octanol–water partition coefficient (Wildman–Crippen LogP) is 2.84. The van der Waals surface area contributed by atoms with E-state index in [0.717, 1.165) is 12.0 Å². The average Bonchev–Trinajstić information content (AvgIpc) is 2.97. The summed E-state index contributed by atoms with van der Waals surface area (Å²) in [6, 6.07) is 7.21. The third kappa shape index (κ3) is 3.41. The highest BCUT2D eigenvalue weighted by Gasteiger charge is 2.35. The molecule has 5 nitrogen and oxygen atoms in total. The van der Waals surface area contributed by atoms with E-state index < -0.39 is 6.10 Å². The number of nitrogens with zero attached hydrogens (tertiary/aromatic N) is 2. The second-order valence-corrected chi connectivity index (χ2v) is 6.31. The normalized spacial score (nSPS) is 21.4. The molecule has 0 radical (unpaired) electrons. The molecule has 2 aromatic rings. The van der Waals surface area contributed by atoms with E-state index in [9.17, 15) is 9.90 Å². The molecule has 2 heterocycles. The van der Waals surface area contributed by atoms with Crippen LogP contribution in [0.5, 0.6) is 0 Å².